The predicted octanol–water partition coefficient (Wildman–Crippen LogP) is 7.46. The van der Waals surface area contributed by atoms with Crippen molar-refractivity contribution in [2.45, 2.75) is 0 Å². The van der Waals surface area contributed by atoms with Crippen LogP contribution in [0.25, 0.3) is 44.8 Å². The summed E-state index contributed by atoms with van der Waals surface area (Å²) in [5.74, 6) is 0.193. The monoisotopic (exact) mass is 399 g/mol. The highest BCUT2D eigenvalue weighted by molar-refractivity contribution is 5.84. The molecule has 1 aromatic heterocycles. The van der Waals surface area contributed by atoms with E-state index in [1.165, 1.54) is 0 Å². The molecule has 0 saturated carbocycles. The molecule has 0 aliphatic rings. The van der Waals surface area contributed by atoms with Gasteiger partial charge in [0.15, 0.2) is 0 Å². The summed E-state index contributed by atoms with van der Waals surface area (Å²) in [4.78, 5) is 4.85. The highest BCUT2D eigenvalue weighted by Crippen LogP contribution is 2.40. The third kappa shape index (κ3) is 3.84. The molecule has 1 N–H and O–H groups in total. The number of rotatable bonds is 4. The van der Waals surface area contributed by atoms with Gasteiger partial charge in [-0.05, 0) is 22.8 Å². The second-order valence-electron chi connectivity index (χ2n) is 7.43. The van der Waals surface area contributed by atoms with E-state index in [9.17, 15) is 5.11 Å². The number of aromatic hydroxyl groups is 1. The Morgan fingerprint density at radius 1 is 0.452 bits per heavy atom. The third-order valence-electron chi connectivity index (χ3n) is 5.41. The number of hydrogen-bond donors (Lipinski definition) is 1. The molecule has 0 unspecified atom stereocenters. The summed E-state index contributed by atoms with van der Waals surface area (Å²) >= 11 is 0. The minimum absolute atomic E-state index is 0.193. The molecule has 0 saturated heterocycles. The number of hydrogen-bond acceptors (Lipinski definition) is 2. The molecule has 5 aromatic rings. The number of pyridine rings is 1. The van der Waals surface area contributed by atoms with E-state index in [0.717, 1.165) is 39.1 Å². The summed E-state index contributed by atoms with van der Waals surface area (Å²) in [5, 5.41) is 11.2. The fourth-order valence-corrected chi connectivity index (χ4v) is 3.79. The first-order chi connectivity index (χ1) is 15.3. The Kier molecular flexibility index (Phi) is 5.04. The lowest BCUT2D eigenvalue weighted by Crippen LogP contribution is -1.93. The molecule has 0 aliphatic carbocycles. The lowest BCUT2D eigenvalue weighted by Gasteiger charge is -2.14. The SMILES string of the molecule is Oc1c(-c2ccccc2)cc(-c2ccccc2)nc1-c1ccc(-c2ccccc2)cc1. The van der Waals surface area contributed by atoms with Crippen LogP contribution < -0.4 is 0 Å². The lowest BCUT2D eigenvalue weighted by atomic mass is 9.97. The Hall–Kier alpha value is -4.17. The molecule has 0 bridgehead atoms. The van der Waals surface area contributed by atoms with Gasteiger partial charge in [-0.25, -0.2) is 4.98 Å². The van der Waals surface area contributed by atoms with Crippen LogP contribution in [0.3, 0.4) is 0 Å². The van der Waals surface area contributed by atoms with Gasteiger partial charge in [0.25, 0.3) is 0 Å². The number of benzene rings is 4. The van der Waals surface area contributed by atoms with Crippen LogP contribution in [0, 0.1) is 0 Å². The average Bonchev–Trinajstić information content (AvgIpc) is 2.86. The van der Waals surface area contributed by atoms with Crippen LogP contribution in [0.4, 0.5) is 0 Å². The highest BCUT2D eigenvalue weighted by Gasteiger charge is 2.16. The Morgan fingerprint density at radius 2 is 0.903 bits per heavy atom. The van der Waals surface area contributed by atoms with Crippen molar-refractivity contribution < 1.29 is 5.11 Å². The summed E-state index contributed by atoms with van der Waals surface area (Å²) in [6.45, 7) is 0. The molecule has 2 heteroatoms. The van der Waals surface area contributed by atoms with E-state index >= 15 is 0 Å². The van der Waals surface area contributed by atoms with Crippen LogP contribution in [-0.4, -0.2) is 10.1 Å². The molecule has 5 rings (SSSR count). The smallest absolute Gasteiger partial charge is 0.149 e. The molecule has 2 nitrogen and oxygen atoms in total. The first-order valence-corrected chi connectivity index (χ1v) is 10.3. The van der Waals surface area contributed by atoms with Crippen LogP contribution in [-0.2, 0) is 0 Å². The molecular formula is C29H21NO. The van der Waals surface area contributed by atoms with Crippen LogP contribution in [0.1, 0.15) is 0 Å². The van der Waals surface area contributed by atoms with Crippen LogP contribution in [0.2, 0.25) is 0 Å². The van der Waals surface area contributed by atoms with Crippen molar-refractivity contribution >= 4 is 0 Å². The van der Waals surface area contributed by atoms with Crippen molar-refractivity contribution in [1.82, 2.24) is 4.98 Å². The molecule has 0 amide bonds. The molecule has 0 radical (unpaired) electrons. The van der Waals surface area contributed by atoms with Gasteiger partial charge in [0.2, 0.25) is 0 Å². The van der Waals surface area contributed by atoms with E-state index in [-0.39, 0.29) is 5.75 Å². The van der Waals surface area contributed by atoms with E-state index in [4.69, 9.17) is 4.98 Å². The van der Waals surface area contributed by atoms with Gasteiger partial charge in [-0.3, -0.25) is 0 Å². The van der Waals surface area contributed by atoms with E-state index in [1.807, 2.05) is 97.1 Å². The van der Waals surface area contributed by atoms with Crippen molar-refractivity contribution in [1.29, 1.82) is 0 Å². The van der Waals surface area contributed by atoms with Crippen molar-refractivity contribution in [3.8, 4) is 50.5 Å². The number of nitrogens with zero attached hydrogens (tertiary/aromatic N) is 1. The molecule has 0 fully saturated rings. The maximum atomic E-state index is 11.2. The Morgan fingerprint density at radius 3 is 1.48 bits per heavy atom. The van der Waals surface area contributed by atoms with Gasteiger partial charge >= 0.3 is 0 Å². The lowest BCUT2D eigenvalue weighted by molar-refractivity contribution is 0.477. The normalized spacial score (nSPS) is 10.7. The van der Waals surface area contributed by atoms with Crippen LogP contribution >= 0.6 is 0 Å². The van der Waals surface area contributed by atoms with Gasteiger partial charge in [0.05, 0.1) is 5.69 Å². The largest absolute Gasteiger partial charge is 0.505 e. The van der Waals surface area contributed by atoms with Gasteiger partial charge in [0.1, 0.15) is 11.4 Å². The van der Waals surface area contributed by atoms with E-state index in [2.05, 4.69) is 24.3 Å². The maximum absolute atomic E-state index is 11.2. The standard InChI is InChI=1S/C29H21NO/c31-29-26(23-12-6-2-7-13-23)20-27(24-14-8-3-9-15-24)30-28(29)25-18-16-22(17-19-25)21-10-4-1-5-11-21/h1-20,31H. The fraction of sp³-hybridized carbons (Fsp3) is 0. The average molecular weight is 399 g/mol. The topological polar surface area (TPSA) is 33.1 Å². The molecule has 31 heavy (non-hydrogen) atoms. The molecule has 148 valence electrons. The molecule has 0 aliphatic heterocycles. The van der Waals surface area contributed by atoms with Crippen molar-refractivity contribution in [2.75, 3.05) is 0 Å². The number of aromatic nitrogens is 1. The van der Waals surface area contributed by atoms with Gasteiger partial charge in [-0.1, -0.05) is 115 Å². The minimum Gasteiger partial charge on any atom is -0.505 e. The Balaban J connectivity index is 1.66. The zero-order valence-electron chi connectivity index (χ0n) is 16.9. The first-order valence-electron chi connectivity index (χ1n) is 10.3. The summed E-state index contributed by atoms with van der Waals surface area (Å²) in [5.41, 5.74) is 7.34. The minimum atomic E-state index is 0.193. The summed E-state index contributed by atoms with van der Waals surface area (Å²) in [7, 11) is 0. The molecule has 0 atom stereocenters. The second-order valence-corrected chi connectivity index (χ2v) is 7.43. The van der Waals surface area contributed by atoms with Gasteiger partial charge in [0, 0.05) is 16.7 Å². The second kappa shape index (κ2) is 8.29. The van der Waals surface area contributed by atoms with E-state index in [1.54, 1.807) is 0 Å². The zero-order chi connectivity index (χ0) is 21.0. The van der Waals surface area contributed by atoms with E-state index in [0.29, 0.717) is 5.69 Å². The van der Waals surface area contributed by atoms with Crippen LogP contribution in [0.15, 0.2) is 121 Å². The van der Waals surface area contributed by atoms with Crippen molar-refractivity contribution in [3.63, 3.8) is 0 Å². The van der Waals surface area contributed by atoms with E-state index < -0.39 is 0 Å². The predicted molar refractivity (Wildman–Crippen MR) is 128 cm³/mol. The van der Waals surface area contributed by atoms with Gasteiger partial charge in [-0.15, -0.1) is 0 Å². The molecule has 4 aromatic carbocycles. The third-order valence-corrected chi connectivity index (χ3v) is 5.41. The highest BCUT2D eigenvalue weighted by atomic mass is 16.3. The summed E-state index contributed by atoms with van der Waals surface area (Å²) in [6, 6.07) is 40.4. The molecule has 0 spiro atoms. The summed E-state index contributed by atoms with van der Waals surface area (Å²) < 4.78 is 0. The van der Waals surface area contributed by atoms with Crippen molar-refractivity contribution in [2.24, 2.45) is 0 Å². The van der Waals surface area contributed by atoms with Gasteiger partial charge < -0.3 is 5.11 Å². The van der Waals surface area contributed by atoms with Crippen LogP contribution in [0.5, 0.6) is 5.75 Å². The quantitative estimate of drug-likeness (QED) is 0.340. The Bertz CT molecular complexity index is 1300. The first kappa shape index (κ1) is 18.8. The molecular weight excluding hydrogens is 378 g/mol. The molecule has 1 heterocycles. The summed E-state index contributed by atoms with van der Waals surface area (Å²) in [6.07, 6.45) is 0. The Labute approximate surface area is 182 Å². The fourth-order valence-electron chi connectivity index (χ4n) is 3.79. The zero-order valence-corrected chi connectivity index (χ0v) is 16.9. The maximum Gasteiger partial charge on any atom is 0.149 e. The van der Waals surface area contributed by atoms with Crippen molar-refractivity contribution in [3.05, 3.63) is 121 Å². The van der Waals surface area contributed by atoms with Gasteiger partial charge in [-0.2, -0.15) is 0 Å².